The Hall–Kier alpha value is -2.09. The number of amides is 3. The first-order valence-electron chi connectivity index (χ1n) is 5.09. The Kier molecular flexibility index (Phi) is 2.72. The zero-order valence-electron chi connectivity index (χ0n) is 9.38. The van der Waals surface area contributed by atoms with Crippen molar-refractivity contribution in [1.29, 1.82) is 0 Å². The van der Waals surface area contributed by atoms with Crippen LogP contribution in [0.3, 0.4) is 0 Å². The Bertz CT molecular complexity index is 406. The van der Waals surface area contributed by atoms with Gasteiger partial charge in [0.15, 0.2) is 12.2 Å². The van der Waals surface area contributed by atoms with E-state index in [0.717, 1.165) is 0 Å². The van der Waals surface area contributed by atoms with Crippen molar-refractivity contribution in [3.05, 3.63) is 12.7 Å². The lowest BCUT2D eigenvalue weighted by Gasteiger charge is -2.35. The Morgan fingerprint density at radius 1 is 1.65 bits per heavy atom. The number of hydrogen-bond donors (Lipinski definition) is 3. The average Bonchev–Trinajstić information content (AvgIpc) is 2.66. The van der Waals surface area contributed by atoms with Crippen LogP contribution in [0.1, 0.15) is 0 Å². The van der Waals surface area contributed by atoms with E-state index in [4.69, 9.17) is 5.84 Å². The highest BCUT2D eigenvalue weighted by molar-refractivity contribution is 6.03. The Balaban J connectivity index is 2.33. The van der Waals surface area contributed by atoms with Gasteiger partial charge in [-0.15, -0.1) is 6.58 Å². The summed E-state index contributed by atoms with van der Waals surface area (Å²) in [7, 11) is 1.58. The van der Waals surface area contributed by atoms with Crippen molar-refractivity contribution in [1.82, 2.24) is 20.5 Å². The lowest BCUT2D eigenvalue weighted by molar-refractivity contribution is -0.126. The number of guanidine groups is 1. The minimum atomic E-state index is -0.568. The molecular formula is C9H14N6O2. The van der Waals surface area contributed by atoms with Crippen LogP contribution in [0, 0.1) is 0 Å². The summed E-state index contributed by atoms with van der Waals surface area (Å²) in [6.45, 7) is 4.03. The van der Waals surface area contributed by atoms with E-state index in [2.05, 4.69) is 22.3 Å². The predicted octanol–water partition coefficient (Wildman–Crippen LogP) is -1.82. The molecule has 2 aliphatic rings. The van der Waals surface area contributed by atoms with Crippen LogP contribution in [0.4, 0.5) is 4.79 Å². The number of carbonyl (C=O) groups is 2. The smallest absolute Gasteiger partial charge is 0.322 e. The predicted molar refractivity (Wildman–Crippen MR) is 60.5 cm³/mol. The van der Waals surface area contributed by atoms with Gasteiger partial charge >= 0.3 is 6.03 Å². The number of hydrogen-bond acceptors (Lipinski definition) is 6. The number of imide groups is 1. The Morgan fingerprint density at radius 3 is 2.94 bits per heavy atom. The van der Waals surface area contributed by atoms with Crippen molar-refractivity contribution in [2.24, 2.45) is 10.8 Å². The van der Waals surface area contributed by atoms with Crippen LogP contribution in [0.2, 0.25) is 0 Å². The molecule has 92 valence electrons. The number of aliphatic imine (C=N–C) groups is 1. The van der Waals surface area contributed by atoms with Gasteiger partial charge in [-0.3, -0.25) is 15.5 Å². The molecule has 1 fully saturated rings. The summed E-state index contributed by atoms with van der Waals surface area (Å²) in [5.41, 5.74) is 2.42. The van der Waals surface area contributed by atoms with Crippen LogP contribution in [0.15, 0.2) is 17.6 Å². The van der Waals surface area contributed by atoms with Crippen molar-refractivity contribution in [2.75, 3.05) is 13.6 Å². The molecule has 0 spiro atoms. The lowest BCUT2D eigenvalue weighted by Crippen LogP contribution is -2.64. The molecule has 2 rings (SSSR count). The molecule has 0 aliphatic carbocycles. The fourth-order valence-corrected chi connectivity index (χ4v) is 1.99. The second-order valence-corrected chi connectivity index (χ2v) is 3.80. The van der Waals surface area contributed by atoms with E-state index in [1.54, 1.807) is 18.0 Å². The first-order chi connectivity index (χ1) is 8.10. The number of nitrogens with two attached hydrogens (primary N) is 1. The highest BCUT2D eigenvalue weighted by Crippen LogP contribution is 2.22. The molecule has 2 heterocycles. The van der Waals surface area contributed by atoms with E-state index < -0.39 is 18.2 Å². The normalized spacial score (nSPS) is 27.5. The number of nitrogens with one attached hydrogen (secondary N) is 2. The molecule has 0 aromatic heterocycles. The third-order valence-corrected chi connectivity index (χ3v) is 2.82. The molecule has 2 aliphatic heterocycles. The van der Waals surface area contributed by atoms with Crippen LogP contribution in [0.25, 0.3) is 0 Å². The van der Waals surface area contributed by atoms with E-state index in [1.807, 2.05) is 0 Å². The van der Waals surface area contributed by atoms with Gasteiger partial charge in [-0.1, -0.05) is 6.08 Å². The second-order valence-electron chi connectivity index (χ2n) is 3.80. The van der Waals surface area contributed by atoms with Crippen LogP contribution in [-0.2, 0) is 4.79 Å². The second kappa shape index (κ2) is 4.06. The molecule has 4 N–H and O–H groups in total. The van der Waals surface area contributed by atoms with Gasteiger partial charge in [-0.25, -0.2) is 15.6 Å². The summed E-state index contributed by atoms with van der Waals surface area (Å²) in [6, 6.07) is -1.03. The minimum Gasteiger partial charge on any atom is -0.322 e. The fourth-order valence-electron chi connectivity index (χ4n) is 1.99. The fraction of sp³-hybridized carbons (Fsp3) is 0.444. The molecule has 8 heteroatoms. The van der Waals surface area contributed by atoms with Crippen LogP contribution < -0.4 is 16.6 Å². The highest BCUT2D eigenvalue weighted by atomic mass is 16.2. The first kappa shape index (κ1) is 11.4. The summed E-state index contributed by atoms with van der Waals surface area (Å²) in [6.07, 6.45) is 1.08. The van der Waals surface area contributed by atoms with Gasteiger partial charge in [-0.2, -0.15) is 0 Å². The number of fused-ring (bicyclic) bond motifs is 1. The summed E-state index contributed by atoms with van der Waals surface area (Å²) in [5.74, 6) is 5.33. The van der Waals surface area contributed by atoms with Crippen molar-refractivity contribution >= 4 is 17.9 Å². The molecule has 0 aromatic carbocycles. The maximum absolute atomic E-state index is 11.8. The lowest BCUT2D eigenvalue weighted by atomic mass is 10.1. The van der Waals surface area contributed by atoms with Gasteiger partial charge in [0.05, 0.1) is 0 Å². The molecule has 17 heavy (non-hydrogen) atoms. The molecule has 0 bridgehead atoms. The van der Waals surface area contributed by atoms with Gasteiger partial charge in [0.1, 0.15) is 0 Å². The number of urea groups is 1. The summed E-state index contributed by atoms with van der Waals surface area (Å²) >= 11 is 0. The molecule has 3 amide bonds. The van der Waals surface area contributed by atoms with Crippen molar-refractivity contribution in [3.8, 4) is 0 Å². The number of hydrazine groups is 1. The average molecular weight is 238 g/mol. The molecule has 0 aromatic rings. The molecule has 8 nitrogen and oxygen atoms in total. The van der Waals surface area contributed by atoms with Crippen molar-refractivity contribution in [3.63, 3.8) is 0 Å². The third-order valence-electron chi connectivity index (χ3n) is 2.82. The van der Waals surface area contributed by atoms with Crippen LogP contribution >= 0.6 is 0 Å². The van der Waals surface area contributed by atoms with Gasteiger partial charge in [-0.05, 0) is 0 Å². The van der Waals surface area contributed by atoms with Crippen molar-refractivity contribution in [2.45, 2.75) is 12.2 Å². The first-order valence-corrected chi connectivity index (χ1v) is 5.09. The number of carbonyl (C=O) groups excluding carboxylic acids is 2. The minimum absolute atomic E-state index is 0.372. The van der Waals surface area contributed by atoms with Crippen LogP contribution in [-0.4, -0.2) is 53.5 Å². The highest BCUT2D eigenvalue weighted by Gasteiger charge is 2.48. The Labute approximate surface area is 98.1 Å². The van der Waals surface area contributed by atoms with E-state index in [-0.39, 0.29) is 5.91 Å². The molecule has 0 radical (unpaired) electrons. The SMILES string of the molecule is C=CCN1C(NN)=NC2C1C(=O)NC(=O)N2C. The topological polar surface area (TPSA) is 103 Å². The van der Waals surface area contributed by atoms with E-state index in [1.165, 1.54) is 4.90 Å². The number of rotatable bonds is 2. The maximum Gasteiger partial charge on any atom is 0.325 e. The molecule has 2 atom stereocenters. The molecule has 1 saturated heterocycles. The largest absolute Gasteiger partial charge is 0.325 e. The zero-order valence-corrected chi connectivity index (χ0v) is 9.38. The van der Waals surface area contributed by atoms with Crippen molar-refractivity contribution < 1.29 is 9.59 Å². The maximum atomic E-state index is 11.8. The van der Waals surface area contributed by atoms with Crippen LogP contribution in [0.5, 0.6) is 0 Å². The summed E-state index contributed by atoms with van der Waals surface area (Å²) in [4.78, 5) is 30.5. The van der Waals surface area contributed by atoms with Gasteiger partial charge < -0.3 is 9.80 Å². The summed E-state index contributed by atoms with van der Waals surface area (Å²) < 4.78 is 0. The van der Waals surface area contributed by atoms with Gasteiger partial charge in [0.25, 0.3) is 5.91 Å². The van der Waals surface area contributed by atoms with Gasteiger partial charge in [0.2, 0.25) is 5.96 Å². The standard InChI is InChI=1S/C9H14N6O2/c1-3-4-15-5-6(11-8(15)13-10)14(2)9(17)12-7(5)16/h3,5-6H,1,4,10H2,2H3,(H,11,13)(H,12,16,17). The van der Waals surface area contributed by atoms with E-state index in [0.29, 0.717) is 12.5 Å². The molecule has 0 saturated carbocycles. The van der Waals surface area contributed by atoms with E-state index in [9.17, 15) is 9.59 Å². The molecule has 2 unspecified atom stereocenters. The van der Waals surface area contributed by atoms with Gasteiger partial charge in [0, 0.05) is 13.6 Å². The Morgan fingerprint density at radius 2 is 2.35 bits per heavy atom. The number of likely N-dealkylation sites (N-methyl/N-ethyl adjacent to an activating group) is 1. The zero-order chi connectivity index (χ0) is 12.6. The summed E-state index contributed by atoms with van der Waals surface area (Å²) in [5, 5.41) is 2.26. The third kappa shape index (κ3) is 1.62. The monoisotopic (exact) mass is 238 g/mol. The molecular weight excluding hydrogens is 224 g/mol. The quantitative estimate of drug-likeness (QED) is 0.299. The van der Waals surface area contributed by atoms with E-state index >= 15 is 0 Å². The number of nitrogens with zero attached hydrogens (tertiary/aromatic N) is 3.